The van der Waals surface area contributed by atoms with Crippen LogP contribution in [0.2, 0.25) is 0 Å². The number of hydrogen-bond donors (Lipinski definition) is 1. The fourth-order valence-corrected chi connectivity index (χ4v) is 0.976. The van der Waals surface area contributed by atoms with Gasteiger partial charge in [-0.15, -0.1) is 0 Å². The second kappa shape index (κ2) is 6.37. The summed E-state index contributed by atoms with van der Waals surface area (Å²) in [5.41, 5.74) is 0. The highest BCUT2D eigenvalue weighted by atomic mass is 16.6. The Kier molecular flexibility index (Phi) is 5.87. The predicted octanol–water partition coefficient (Wildman–Crippen LogP) is 0.252. The molecule has 0 aromatic rings. The lowest BCUT2D eigenvalue weighted by Gasteiger charge is -2.17. The normalized spacial score (nSPS) is 14.3. The van der Waals surface area contributed by atoms with Crippen LogP contribution >= 0.6 is 0 Å². The lowest BCUT2D eigenvalue weighted by Crippen LogP contribution is -2.27. The molecule has 2 unspecified atom stereocenters. The molecule has 0 saturated carbocycles. The van der Waals surface area contributed by atoms with Crippen LogP contribution in [0.25, 0.3) is 0 Å². The van der Waals surface area contributed by atoms with Crippen LogP contribution in [0.5, 0.6) is 0 Å². The van der Waals surface area contributed by atoms with Crippen LogP contribution in [0.3, 0.4) is 0 Å². The lowest BCUT2D eigenvalue weighted by molar-refractivity contribution is -0.157. The Bertz CT molecular complexity index is 199. The van der Waals surface area contributed by atoms with Crippen molar-refractivity contribution in [2.45, 2.75) is 39.4 Å². The first-order valence-electron chi connectivity index (χ1n) is 4.40. The van der Waals surface area contributed by atoms with E-state index in [2.05, 4.69) is 4.74 Å². The summed E-state index contributed by atoms with van der Waals surface area (Å²) in [7, 11) is 0. The highest BCUT2D eigenvalue weighted by Crippen LogP contribution is 2.04. The number of aliphatic hydroxyl groups is 1. The van der Waals surface area contributed by atoms with Crippen molar-refractivity contribution in [3.63, 3.8) is 0 Å². The first-order chi connectivity index (χ1) is 6.41. The van der Waals surface area contributed by atoms with Crippen molar-refractivity contribution in [2.75, 3.05) is 6.61 Å². The molecule has 2 atom stereocenters. The summed E-state index contributed by atoms with van der Waals surface area (Å²) in [4.78, 5) is 21.1. The molecule has 14 heavy (non-hydrogen) atoms. The van der Waals surface area contributed by atoms with E-state index in [1.807, 2.05) is 0 Å². The minimum atomic E-state index is -0.602. The molecule has 0 radical (unpaired) electrons. The minimum Gasteiger partial charge on any atom is -0.462 e. The van der Waals surface area contributed by atoms with Crippen LogP contribution in [0.1, 0.15) is 27.2 Å². The van der Waals surface area contributed by atoms with E-state index >= 15 is 0 Å². The maximum absolute atomic E-state index is 10.6. The molecule has 82 valence electrons. The molecule has 0 aromatic carbocycles. The molecule has 5 nitrogen and oxygen atoms in total. The number of carbonyl (C=O) groups excluding carboxylic acids is 2. The molecule has 0 rings (SSSR count). The first-order valence-corrected chi connectivity index (χ1v) is 4.40. The maximum atomic E-state index is 10.6. The van der Waals surface area contributed by atoms with Gasteiger partial charge in [0.15, 0.2) is 0 Å². The van der Waals surface area contributed by atoms with Gasteiger partial charge >= 0.3 is 11.9 Å². The van der Waals surface area contributed by atoms with Crippen LogP contribution in [-0.4, -0.2) is 35.9 Å². The Labute approximate surface area is 83.0 Å². The second-order valence-corrected chi connectivity index (χ2v) is 3.12. The Morgan fingerprint density at radius 3 is 2.21 bits per heavy atom. The summed E-state index contributed by atoms with van der Waals surface area (Å²) < 4.78 is 9.51. The molecule has 1 N–H and O–H groups in total. The van der Waals surface area contributed by atoms with Crippen molar-refractivity contribution >= 4 is 11.9 Å². The Morgan fingerprint density at radius 1 is 1.29 bits per heavy atom. The third-order valence-electron chi connectivity index (χ3n) is 1.41. The summed E-state index contributed by atoms with van der Waals surface area (Å²) in [6, 6.07) is 0. The molecule has 0 aliphatic rings. The average molecular weight is 204 g/mol. The molecule has 0 amide bonds. The SMILES string of the molecule is CC(=O)OCC(CC(C)O)OC(C)=O. The zero-order valence-corrected chi connectivity index (χ0v) is 8.65. The molecule has 0 aliphatic carbocycles. The monoisotopic (exact) mass is 204 g/mol. The van der Waals surface area contributed by atoms with Gasteiger partial charge in [0, 0.05) is 20.3 Å². The van der Waals surface area contributed by atoms with Crippen LogP contribution in [0.15, 0.2) is 0 Å². The highest BCUT2D eigenvalue weighted by Gasteiger charge is 2.16. The molecule has 0 bridgehead atoms. The van der Waals surface area contributed by atoms with Gasteiger partial charge in [0.05, 0.1) is 6.10 Å². The molecule has 0 spiro atoms. The Morgan fingerprint density at radius 2 is 1.86 bits per heavy atom. The van der Waals surface area contributed by atoms with Crippen molar-refractivity contribution in [2.24, 2.45) is 0 Å². The van der Waals surface area contributed by atoms with E-state index in [4.69, 9.17) is 9.84 Å². The zero-order chi connectivity index (χ0) is 11.1. The number of esters is 2. The maximum Gasteiger partial charge on any atom is 0.303 e. The van der Waals surface area contributed by atoms with E-state index in [0.717, 1.165) is 0 Å². The number of carbonyl (C=O) groups is 2. The van der Waals surface area contributed by atoms with E-state index in [0.29, 0.717) is 0 Å². The quantitative estimate of drug-likeness (QED) is 0.650. The topological polar surface area (TPSA) is 72.8 Å². The van der Waals surface area contributed by atoms with Crippen molar-refractivity contribution in [1.82, 2.24) is 0 Å². The predicted molar refractivity (Wildman–Crippen MR) is 48.5 cm³/mol. The Hall–Kier alpha value is -1.10. The summed E-state index contributed by atoms with van der Waals surface area (Å²) in [6.45, 7) is 4.10. The number of ether oxygens (including phenoxy) is 2. The largest absolute Gasteiger partial charge is 0.462 e. The van der Waals surface area contributed by atoms with Gasteiger partial charge in [-0.25, -0.2) is 0 Å². The van der Waals surface area contributed by atoms with Gasteiger partial charge in [0.25, 0.3) is 0 Å². The molecule has 0 saturated heterocycles. The summed E-state index contributed by atoms with van der Waals surface area (Å²) in [5, 5.41) is 9.07. The second-order valence-electron chi connectivity index (χ2n) is 3.12. The molecular weight excluding hydrogens is 188 g/mol. The minimum absolute atomic E-state index is 0.0141. The standard InChI is InChI=1S/C9H16O5/c1-6(10)4-9(14-8(3)12)5-13-7(2)11/h6,9-10H,4-5H2,1-3H3. The molecule has 0 aromatic heterocycles. The summed E-state index contributed by atoms with van der Waals surface area (Å²) in [6.07, 6.45) is -0.918. The lowest BCUT2D eigenvalue weighted by atomic mass is 10.2. The molecular formula is C9H16O5. The smallest absolute Gasteiger partial charge is 0.303 e. The van der Waals surface area contributed by atoms with Gasteiger partial charge in [-0.05, 0) is 6.92 Å². The van der Waals surface area contributed by atoms with Crippen LogP contribution in [-0.2, 0) is 19.1 Å². The van der Waals surface area contributed by atoms with Crippen molar-refractivity contribution in [3.8, 4) is 0 Å². The first kappa shape index (κ1) is 12.9. The number of hydrogen-bond acceptors (Lipinski definition) is 5. The van der Waals surface area contributed by atoms with Crippen molar-refractivity contribution in [3.05, 3.63) is 0 Å². The van der Waals surface area contributed by atoms with Crippen LogP contribution in [0.4, 0.5) is 0 Å². The highest BCUT2D eigenvalue weighted by molar-refractivity contribution is 5.67. The average Bonchev–Trinajstić information content (AvgIpc) is 1.97. The third kappa shape index (κ3) is 7.54. The molecule has 0 fully saturated rings. The molecule has 5 heteroatoms. The number of aliphatic hydroxyl groups excluding tert-OH is 1. The van der Waals surface area contributed by atoms with Gasteiger partial charge < -0.3 is 14.6 Å². The van der Waals surface area contributed by atoms with Crippen molar-refractivity contribution in [1.29, 1.82) is 0 Å². The van der Waals surface area contributed by atoms with Gasteiger partial charge in [0.2, 0.25) is 0 Å². The van der Waals surface area contributed by atoms with E-state index in [-0.39, 0.29) is 13.0 Å². The molecule has 0 heterocycles. The van der Waals surface area contributed by atoms with Crippen LogP contribution in [0, 0.1) is 0 Å². The van der Waals surface area contributed by atoms with Gasteiger partial charge in [-0.1, -0.05) is 0 Å². The fourth-order valence-electron chi connectivity index (χ4n) is 0.976. The van der Waals surface area contributed by atoms with E-state index < -0.39 is 24.1 Å². The Balaban J connectivity index is 3.96. The van der Waals surface area contributed by atoms with Gasteiger partial charge in [-0.3, -0.25) is 9.59 Å². The molecule has 0 aliphatic heterocycles. The van der Waals surface area contributed by atoms with Crippen LogP contribution < -0.4 is 0 Å². The van der Waals surface area contributed by atoms with E-state index in [9.17, 15) is 9.59 Å². The van der Waals surface area contributed by atoms with E-state index in [1.54, 1.807) is 6.92 Å². The summed E-state index contributed by atoms with van der Waals surface area (Å²) >= 11 is 0. The van der Waals surface area contributed by atoms with Gasteiger partial charge in [0.1, 0.15) is 12.7 Å². The van der Waals surface area contributed by atoms with Gasteiger partial charge in [-0.2, -0.15) is 0 Å². The van der Waals surface area contributed by atoms with E-state index in [1.165, 1.54) is 13.8 Å². The van der Waals surface area contributed by atoms with Crippen molar-refractivity contribution < 1.29 is 24.2 Å². The summed E-state index contributed by atoms with van der Waals surface area (Å²) in [5.74, 6) is -0.893. The third-order valence-corrected chi connectivity index (χ3v) is 1.41. The fraction of sp³-hybridized carbons (Fsp3) is 0.778. The zero-order valence-electron chi connectivity index (χ0n) is 8.65. The number of rotatable bonds is 5.